The molecular formula is C15H13ClN2O2. The van der Waals surface area contributed by atoms with Crippen molar-refractivity contribution in [3.63, 3.8) is 0 Å². The monoisotopic (exact) mass is 288 g/mol. The van der Waals surface area contributed by atoms with Gasteiger partial charge in [-0.1, -0.05) is 11.6 Å². The van der Waals surface area contributed by atoms with E-state index >= 15 is 0 Å². The number of nitrogens with zero attached hydrogens (tertiary/aromatic N) is 1. The highest BCUT2D eigenvalue weighted by atomic mass is 35.5. The normalized spacial score (nSPS) is 10.3. The molecule has 0 amide bonds. The van der Waals surface area contributed by atoms with Crippen molar-refractivity contribution in [1.82, 2.24) is 4.98 Å². The van der Waals surface area contributed by atoms with Gasteiger partial charge < -0.3 is 10.1 Å². The van der Waals surface area contributed by atoms with Crippen molar-refractivity contribution in [2.24, 2.45) is 0 Å². The van der Waals surface area contributed by atoms with Gasteiger partial charge in [-0.2, -0.15) is 5.26 Å². The zero-order chi connectivity index (χ0) is 15.0. The maximum Gasteiger partial charge on any atom is 0.266 e. The molecule has 2 aromatic rings. The fraction of sp³-hybridized carbons (Fsp3) is 0.200. The number of phenols is 1. The van der Waals surface area contributed by atoms with Crippen LogP contribution in [0.15, 0.2) is 16.9 Å². The molecule has 1 heterocycles. The standard InChI is InChI=1S/C15H13ClN2O2/c1-7-4-12(16)9(3)13(14(7)19)10-5-8(2)18-15(20)11(10)6-17/h4-5,19H,1-3H3,(H,18,20). The van der Waals surface area contributed by atoms with Crippen LogP contribution in [0.3, 0.4) is 0 Å². The molecule has 0 aliphatic rings. The van der Waals surface area contributed by atoms with Crippen LogP contribution in [-0.4, -0.2) is 10.1 Å². The summed E-state index contributed by atoms with van der Waals surface area (Å²) in [4.78, 5) is 14.4. The van der Waals surface area contributed by atoms with E-state index in [1.807, 2.05) is 6.07 Å². The Labute approximate surface area is 121 Å². The molecule has 0 fully saturated rings. The number of rotatable bonds is 1. The smallest absolute Gasteiger partial charge is 0.266 e. The molecular weight excluding hydrogens is 276 g/mol. The Kier molecular flexibility index (Phi) is 3.56. The van der Waals surface area contributed by atoms with Crippen molar-refractivity contribution < 1.29 is 5.11 Å². The zero-order valence-corrected chi connectivity index (χ0v) is 12.1. The van der Waals surface area contributed by atoms with E-state index in [0.717, 1.165) is 0 Å². The lowest BCUT2D eigenvalue weighted by Gasteiger charge is -2.14. The van der Waals surface area contributed by atoms with Crippen molar-refractivity contribution in [1.29, 1.82) is 5.26 Å². The van der Waals surface area contributed by atoms with E-state index in [1.165, 1.54) is 0 Å². The number of H-pyrrole nitrogens is 1. The molecule has 0 radical (unpaired) electrons. The molecule has 0 saturated carbocycles. The lowest BCUT2D eigenvalue weighted by molar-refractivity contribution is 0.473. The third-order valence-electron chi connectivity index (χ3n) is 3.24. The zero-order valence-electron chi connectivity index (χ0n) is 11.3. The average Bonchev–Trinajstić information content (AvgIpc) is 2.36. The van der Waals surface area contributed by atoms with E-state index in [4.69, 9.17) is 11.6 Å². The summed E-state index contributed by atoms with van der Waals surface area (Å²) in [7, 11) is 0. The van der Waals surface area contributed by atoms with E-state index in [-0.39, 0.29) is 11.3 Å². The second-order valence-electron chi connectivity index (χ2n) is 4.71. The highest BCUT2D eigenvalue weighted by molar-refractivity contribution is 6.32. The summed E-state index contributed by atoms with van der Waals surface area (Å²) in [6.07, 6.45) is 0. The Morgan fingerprint density at radius 2 is 1.95 bits per heavy atom. The van der Waals surface area contributed by atoms with Gasteiger partial charge in [0.05, 0.1) is 0 Å². The summed E-state index contributed by atoms with van der Waals surface area (Å²) in [5.74, 6) is 0.0356. The number of aryl methyl sites for hydroxylation is 2. The summed E-state index contributed by atoms with van der Waals surface area (Å²) in [6, 6.07) is 5.20. The number of benzene rings is 1. The maximum absolute atomic E-state index is 11.9. The van der Waals surface area contributed by atoms with E-state index in [1.54, 1.807) is 32.9 Å². The number of nitriles is 1. The van der Waals surface area contributed by atoms with Crippen molar-refractivity contribution in [3.8, 4) is 22.9 Å². The average molecular weight is 289 g/mol. The van der Waals surface area contributed by atoms with Gasteiger partial charge in [-0.05, 0) is 44.0 Å². The Morgan fingerprint density at radius 3 is 2.55 bits per heavy atom. The van der Waals surface area contributed by atoms with Crippen LogP contribution in [0, 0.1) is 32.1 Å². The fourth-order valence-electron chi connectivity index (χ4n) is 2.19. The molecule has 0 saturated heterocycles. The number of halogens is 1. The van der Waals surface area contributed by atoms with Gasteiger partial charge in [-0.25, -0.2) is 0 Å². The van der Waals surface area contributed by atoms with Crippen LogP contribution in [0.2, 0.25) is 5.02 Å². The maximum atomic E-state index is 11.9. The summed E-state index contributed by atoms with van der Waals surface area (Å²) < 4.78 is 0. The minimum absolute atomic E-state index is 0.0318. The minimum atomic E-state index is -0.473. The Hall–Kier alpha value is -2.25. The quantitative estimate of drug-likeness (QED) is 0.846. The molecule has 2 rings (SSSR count). The number of phenolic OH excluding ortho intramolecular Hbond substituents is 1. The first kappa shape index (κ1) is 14.2. The molecule has 0 atom stereocenters. The van der Waals surface area contributed by atoms with Crippen LogP contribution in [0.4, 0.5) is 0 Å². The van der Waals surface area contributed by atoms with Gasteiger partial charge in [0.25, 0.3) is 5.56 Å². The highest BCUT2D eigenvalue weighted by Gasteiger charge is 2.19. The van der Waals surface area contributed by atoms with Crippen LogP contribution >= 0.6 is 11.6 Å². The van der Waals surface area contributed by atoms with E-state index in [0.29, 0.717) is 33.0 Å². The molecule has 0 bridgehead atoms. The molecule has 1 aromatic carbocycles. The molecule has 102 valence electrons. The van der Waals surface area contributed by atoms with Crippen molar-refractivity contribution in [3.05, 3.63) is 49.9 Å². The Morgan fingerprint density at radius 1 is 1.30 bits per heavy atom. The van der Waals surface area contributed by atoms with Gasteiger partial charge in [-0.15, -0.1) is 0 Å². The number of pyridine rings is 1. The molecule has 0 aliphatic heterocycles. The van der Waals surface area contributed by atoms with Gasteiger partial charge in [0, 0.05) is 21.8 Å². The van der Waals surface area contributed by atoms with Crippen LogP contribution in [0.1, 0.15) is 22.4 Å². The van der Waals surface area contributed by atoms with E-state index in [2.05, 4.69) is 4.98 Å². The van der Waals surface area contributed by atoms with Crippen LogP contribution in [-0.2, 0) is 0 Å². The first-order valence-electron chi connectivity index (χ1n) is 6.00. The second kappa shape index (κ2) is 5.03. The molecule has 2 N–H and O–H groups in total. The number of nitrogens with one attached hydrogen (secondary N) is 1. The number of hydrogen-bond acceptors (Lipinski definition) is 3. The van der Waals surface area contributed by atoms with Gasteiger partial charge in [0.2, 0.25) is 0 Å². The number of hydrogen-bond donors (Lipinski definition) is 2. The lowest BCUT2D eigenvalue weighted by atomic mass is 9.94. The topological polar surface area (TPSA) is 76.9 Å². The molecule has 1 aromatic heterocycles. The molecule has 4 nitrogen and oxygen atoms in total. The molecule has 0 aliphatic carbocycles. The number of aromatic amines is 1. The number of aromatic hydroxyl groups is 1. The van der Waals surface area contributed by atoms with Gasteiger partial charge >= 0.3 is 0 Å². The molecule has 0 spiro atoms. The molecule has 5 heteroatoms. The Bertz CT molecular complexity index is 775. The highest BCUT2D eigenvalue weighted by Crippen LogP contribution is 2.39. The lowest BCUT2D eigenvalue weighted by Crippen LogP contribution is -2.13. The molecule has 0 unspecified atom stereocenters. The van der Waals surface area contributed by atoms with Crippen LogP contribution < -0.4 is 5.56 Å². The summed E-state index contributed by atoms with van der Waals surface area (Å²) in [5.41, 5.74) is 2.17. The summed E-state index contributed by atoms with van der Waals surface area (Å²) in [6.45, 7) is 5.18. The fourth-order valence-corrected chi connectivity index (χ4v) is 2.45. The molecule has 20 heavy (non-hydrogen) atoms. The van der Waals surface area contributed by atoms with Crippen LogP contribution in [0.25, 0.3) is 11.1 Å². The largest absolute Gasteiger partial charge is 0.507 e. The Balaban J connectivity index is 2.97. The second-order valence-corrected chi connectivity index (χ2v) is 5.11. The third-order valence-corrected chi connectivity index (χ3v) is 3.63. The predicted molar refractivity (Wildman–Crippen MR) is 78.1 cm³/mol. The first-order valence-corrected chi connectivity index (χ1v) is 6.37. The van der Waals surface area contributed by atoms with E-state index < -0.39 is 5.56 Å². The third kappa shape index (κ3) is 2.17. The number of aromatic nitrogens is 1. The van der Waals surface area contributed by atoms with Gasteiger partial charge in [-0.3, -0.25) is 4.79 Å². The summed E-state index contributed by atoms with van der Waals surface area (Å²) >= 11 is 6.14. The van der Waals surface area contributed by atoms with Crippen molar-refractivity contribution in [2.45, 2.75) is 20.8 Å². The predicted octanol–water partition coefficient (Wildman–Crippen LogP) is 3.20. The van der Waals surface area contributed by atoms with E-state index in [9.17, 15) is 15.2 Å². The minimum Gasteiger partial charge on any atom is -0.507 e. The SMILES string of the molecule is Cc1cc(-c2c(C)c(Cl)cc(C)c2O)c(C#N)c(=O)[nH]1. The van der Waals surface area contributed by atoms with Gasteiger partial charge in [0.15, 0.2) is 0 Å². The van der Waals surface area contributed by atoms with Gasteiger partial charge in [0.1, 0.15) is 17.4 Å². The first-order chi connectivity index (χ1) is 9.36. The van der Waals surface area contributed by atoms with Crippen LogP contribution in [0.5, 0.6) is 5.75 Å². The van der Waals surface area contributed by atoms with Crippen molar-refractivity contribution in [2.75, 3.05) is 0 Å². The summed E-state index contributed by atoms with van der Waals surface area (Å²) in [5, 5.41) is 19.9. The van der Waals surface area contributed by atoms with Crippen molar-refractivity contribution >= 4 is 11.6 Å².